The summed E-state index contributed by atoms with van der Waals surface area (Å²) in [5.41, 5.74) is 5.24. The highest BCUT2D eigenvalue weighted by Gasteiger charge is 2.40. The van der Waals surface area contributed by atoms with Crippen molar-refractivity contribution in [3.05, 3.63) is 0 Å². The van der Waals surface area contributed by atoms with E-state index >= 15 is 0 Å². The molecule has 0 heterocycles. The molecule has 0 unspecified atom stereocenters. The first-order chi connectivity index (χ1) is 9.00. The van der Waals surface area contributed by atoms with Crippen LogP contribution < -0.4 is 11.1 Å². The van der Waals surface area contributed by atoms with Gasteiger partial charge in [0, 0.05) is 18.4 Å². The van der Waals surface area contributed by atoms with Crippen molar-refractivity contribution in [3.8, 4) is 0 Å². The molecule has 0 aromatic carbocycles. The lowest BCUT2D eigenvalue weighted by Gasteiger charge is -2.29. The topological polar surface area (TPSA) is 87.7 Å². The van der Waals surface area contributed by atoms with Crippen LogP contribution in [0.4, 0.5) is 0 Å². The van der Waals surface area contributed by atoms with E-state index in [4.69, 9.17) is 10.9 Å². The number of oxime groups is 1. The van der Waals surface area contributed by atoms with E-state index in [2.05, 4.69) is 24.3 Å². The number of hydrogen-bond donors (Lipinski definition) is 3. The lowest BCUT2D eigenvalue weighted by atomic mass is 9.77. The SMILES string of the molecule is CC(C)CC1(C(=O)NCCCC(N)=NO)CCCC1. The molecule has 0 saturated heterocycles. The third kappa shape index (κ3) is 4.73. The van der Waals surface area contributed by atoms with E-state index < -0.39 is 0 Å². The van der Waals surface area contributed by atoms with Crippen molar-refractivity contribution < 1.29 is 10.0 Å². The number of rotatable bonds is 7. The van der Waals surface area contributed by atoms with Gasteiger partial charge >= 0.3 is 0 Å². The van der Waals surface area contributed by atoms with Crippen molar-refractivity contribution in [2.24, 2.45) is 22.2 Å². The monoisotopic (exact) mass is 269 g/mol. The van der Waals surface area contributed by atoms with Gasteiger partial charge < -0.3 is 16.3 Å². The summed E-state index contributed by atoms with van der Waals surface area (Å²) in [7, 11) is 0. The zero-order chi connectivity index (χ0) is 14.3. The molecule has 1 amide bonds. The average molecular weight is 269 g/mol. The third-order valence-corrected chi connectivity index (χ3v) is 3.87. The van der Waals surface area contributed by atoms with Gasteiger partial charge in [-0.25, -0.2) is 0 Å². The van der Waals surface area contributed by atoms with Gasteiger partial charge in [-0.2, -0.15) is 0 Å². The molecule has 0 aliphatic heterocycles. The molecule has 5 nitrogen and oxygen atoms in total. The molecule has 0 radical (unpaired) electrons. The van der Waals surface area contributed by atoms with Crippen molar-refractivity contribution in [1.82, 2.24) is 5.32 Å². The number of amidine groups is 1. The maximum absolute atomic E-state index is 12.4. The van der Waals surface area contributed by atoms with Gasteiger partial charge in [0.15, 0.2) is 0 Å². The molecular formula is C14H27N3O2. The molecule has 1 rings (SSSR count). The van der Waals surface area contributed by atoms with Gasteiger partial charge in [0.1, 0.15) is 5.84 Å². The van der Waals surface area contributed by atoms with Crippen molar-refractivity contribution in [1.29, 1.82) is 0 Å². The van der Waals surface area contributed by atoms with Gasteiger partial charge in [0.25, 0.3) is 0 Å². The molecule has 0 atom stereocenters. The van der Waals surface area contributed by atoms with Gasteiger partial charge in [-0.15, -0.1) is 0 Å². The van der Waals surface area contributed by atoms with Crippen molar-refractivity contribution in [2.45, 2.75) is 58.8 Å². The van der Waals surface area contributed by atoms with Crippen LogP contribution in [0, 0.1) is 11.3 Å². The first-order valence-electron chi connectivity index (χ1n) is 7.25. The first-order valence-corrected chi connectivity index (χ1v) is 7.25. The zero-order valence-electron chi connectivity index (χ0n) is 12.1. The van der Waals surface area contributed by atoms with Crippen LogP contribution in [0.25, 0.3) is 0 Å². The molecule has 1 saturated carbocycles. The summed E-state index contributed by atoms with van der Waals surface area (Å²) in [6.07, 6.45) is 6.52. The van der Waals surface area contributed by atoms with E-state index in [9.17, 15) is 4.79 Å². The Morgan fingerprint density at radius 1 is 1.42 bits per heavy atom. The highest BCUT2D eigenvalue weighted by Crippen LogP contribution is 2.43. The summed E-state index contributed by atoms with van der Waals surface area (Å²) < 4.78 is 0. The number of amides is 1. The molecule has 110 valence electrons. The first kappa shape index (κ1) is 15.8. The molecule has 1 fully saturated rings. The summed E-state index contributed by atoms with van der Waals surface area (Å²) in [6, 6.07) is 0. The lowest BCUT2D eigenvalue weighted by molar-refractivity contribution is -0.131. The molecule has 1 aliphatic rings. The van der Waals surface area contributed by atoms with Crippen molar-refractivity contribution in [2.75, 3.05) is 6.54 Å². The molecule has 0 spiro atoms. The Morgan fingerprint density at radius 3 is 2.58 bits per heavy atom. The normalized spacial score (nSPS) is 18.8. The van der Waals surface area contributed by atoms with Gasteiger partial charge in [-0.3, -0.25) is 4.79 Å². The highest BCUT2D eigenvalue weighted by atomic mass is 16.4. The minimum absolute atomic E-state index is 0.148. The largest absolute Gasteiger partial charge is 0.409 e. The van der Waals surface area contributed by atoms with Gasteiger partial charge in [-0.1, -0.05) is 31.8 Å². The number of carbonyl (C=O) groups is 1. The Kier molecular flexibility index (Phi) is 6.12. The Morgan fingerprint density at radius 2 is 2.05 bits per heavy atom. The minimum Gasteiger partial charge on any atom is -0.409 e. The maximum Gasteiger partial charge on any atom is 0.226 e. The molecule has 5 heteroatoms. The van der Waals surface area contributed by atoms with E-state index in [0.717, 1.165) is 32.1 Å². The van der Waals surface area contributed by atoms with E-state index in [-0.39, 0.29) is 17.2 Å². The highest BCUT2D eigenvalue weighted by molar-refractivity contribution is 5.83. The summed E-state index contributed by atoms with van der Waals surface area (Å²) >= 11 is 0. The number of carbonyl (C=O) groups excluding carboxylic acids is 1. The van der Waals surface area contributed by atoms with Crippen molar-refractivity contribution >= 4 is 11.7 Å². The standard InChI is InChI=1S/C14H27N3O2/c1-11(2)10-14(7-3-4-8-14)13(18)16-9-5-6-12(15)17-19/h11,19H,3-10H2,1-2H3,(H2,15,17)(H,16,18). The summed E-state index contributed by atoms with van der Waals surface area (Å²) in [4.78, 5) is 12.4. The van der Waals surface area contributed by atoms with Crippen LogP contribution in [-0.4, -0.2) is 23.5 Å². The molecular weight excluding hydrogens is 242 g/mol. The Bertz CT molecular complexity index is 321. The molecule has 1 aliphatic carbocycles. The Labute approximate surface area is 115 Å². The number of hydrogen-bond acceptors (Lipinski definition) is 3. The molecule has 0 aromatic rings. The van der Waals surface area contributed by atoms with Crippen molar-refractivity contribution in [3.63, 3.8) is 0 Å². The molecule has 4 N–H and O–H groups in total. The fourth-order valence-electron chi connectivity index (χ4n) is 3.07. The van der Waals surface area contributed by atoms with E-state index in [0.29, 0.717) is 25.3 Å². The van der Waals surface area contributed by atoms with Gasteiger partial charge in [-0.05, 0) is 31.6 Å². The number of nitrogens with one attached hydrogen (secondary N) is 1. The smallest absolute Gasteiger partial charge is 0.226 e. The van der Waals surface area contributed by atoms with E-state index in [1.807, 2.05) is 0 Å². The van der Waals surface area contributed by atoms with E-state index in [1.165, 1.54) is 0 Å². The van der Waals surface area contributed by atoms with Crippen LogP contribution in [0.3, 0.4) is 0 Å². The van der Waals surface area contributed by atoms with Crippen LogP contribution in [0.2, 0.25) is 0 Å². The van der Waals surface area contributed by atoms with Crippen LogP contribution >= 0.6 is 0 Å². The van der Waals surface area contributed by atoms with E-state index in [1.54, 1.807) is 0 Å². The number of nitrogens with zero attached hydrogens (tertiary/aromatic N) is 1. The zero-order valence-corrected chi connectivity index (χ0v) is 12.1. The summed E-state index contributed by atoms with van der Waals surface area (Å²) in [5.74, 6) is 0.950. The fraction of sp³-hybridized carbons (Fsp3) is 0.857. The van der Waals surface area contributed by atoms with Crippen LogP contribution in [0.5, 0.6) is 0 Å². The average Bonchev–Trinajstić information content (AvgIpc) is 2.82. The fourth-order valence-corrected chi connectivity index (χ4v) is 3.07. The molecule has 0 bridgehead atoms. The maximum atomic E-state index is 12.4. The third-order valence-electron chi connectivity index (χ3n) is 3.87. The summed E-state index contributed by atoms with van der Waals surface area (Å²) in [5, 5.41) is 14.4. The Hall–Kier alpha value is -1.26. The molecule has 0 aromatic heterocycles. The van der Waals surface area contributed by atoms with Crippen LogP contribution in [0.15, 0.2) is 5.16 Å². The predicted octanol–water partition coefficient (Wildman–Crippen LogP) is 2.24. The second-order valence-electron chi connectivity index (χ2n) is 6.04. The van der Waals surface area contributed by atoms with Gasteiger partial charge in [0.05, 0.1) is 0 Å². The lowest BCUT2D eigenvalue weighted by Crippen LogP contribution is -2.40. The van der Waals surface area contributed by atoms with Crippen LogP contribution in [-0.2, 0) is 4.79 Å². The Balaban J connectivity index is 2.41. The molecule has 19 heavy (non-hydrogen) atoms. The summed E-state index contributed by atoms with van der Waals surface area (Å²) in [6.45, 7) is 4.94. The second kappa shape index (κ2) is 7.36. The second-order valence-corrected chi connectivity index (χ2v) is 6.04. The quantitative estimate of drug-likeness (QED) is 0.218. The predicted molar refractivity (Wildman–Crippen MR) is 76.0 cm³/mol. The van der Waals surface area contributed by atoms with Crippen LogP contribution in [0.1, 0.15) is 58.8 Å². The van der Waals surface area contributed by atoms with Gasteiger partial charge in [0.2, 0.25) is 5.91 Å². The number of nitrogens with two attached hydrogens (primary N) is 1. The minimum atomic E-state index is -0.148.